The van der Waals surface area contributed by atoms with Crippen molar-refractivity contribution < 1.29 is 9.84 Å². The highest BCUT2D eigenvalue weighted by molar-refractivity contribution is 5.47. The Morgan fingerprint density at radius 1 is 0.933 bits per heavy atom. The van der Waals surface area contributed by atoms with E-state index in [1.165, 1.54) is 37.7 Å². The van der Waals surface area contributed by atoms with Gasteiger partial charge in [0, 0.05) is 24.3 Å². The van der Waals surface area contributed by atoms with Crippen molar-refractivity contribution in [2.24, 2.45) is 0 Å². The predicted molar refractivity (Wildman–Crippen MR) is 123 cm³/mol. The predicted octanol–water partition coefficient (Wildman–Crippen LogP) is 5.45. The number of anilines is 1. The van der Waals surface area contributed by atoms with Gasteiger partial charge in [0.05, 0.1) is 12.7 Å². The maximum Gasteiger partial charge on any atom is 0.150 e. The first-order valence-electron chi connectivity index (χ1n) is 11.6. The van der Waals surface area contributed by atoms with Crippen LogP contribution in [0.25, 0.3) is 0 Å². The first-order chi connectivity index (χ1) is 14.7. The van der Waals surface area contributed by atoms with Crippen LogP contribution < -0.4 is 5.32 Å². The molecule has 0 bridgehead atoms. The fourth-order valence-corrected chi connectivity index (χ4v) is 4.69. The van der Waals surface area contributed by atoms with Crippen LogP contribution in [0.3, 0.4) is 0 Å². The second kappa shape index (κ2) is 10.4. The van der Waals surface area contributed by atoms with E-state index >= 15 is 0 Å². The third-order valence-electron chi connectivity index (χ3n) is 6.74. The fourth-order valence-electron chi connectivity index (χ4n) is 4.69. The van der Waals surface area contributed by atoms with Gasteiger partial charge in [0.25, 0.3) is 0 Å². The fraction of sp³-hybridized carbons (Fsp3) is 0.538. The molecule has 2 fully saturated rings. The van der Waals surface area contributed by atoms with E-state index in [-0.39, 0.29) is 0 Å². The van der Waals surface area contributed by atoms with Gasteiger partial charge in [-0.15, -0.1) is 0 Å². The summed E-state index contributed by atoms with van der Waals surface area (Å²) in [6, 6.07) is 16.7. The number of aliphatic hydroxyl groups is 1. The molecule has 30 heavy (non-hydrogen) atoms. The van der Waals surface area contributed by atoms with E-state index in [2.05, 4.69) is 53.7 Å². The van der Waals surface area contributed by atoms with Crippen LogP contribution in [0.4, 0.5) is 5.69 Å². The molecule has 4 heteroatoms. The van der Waals surface area contributed by atoms with Crippen LogP contribution in [0, 0.1) is 0 Å². The van der Waals surface area contributed by atoms with Crippen LogP contribution >= 0.6 is 0 Å². The number of nitrogens with one attached hydrogen (secondary N) is 1. The van der Waals surface area contributed by atoms with Gasteiger partial charge in [-0.05, 0) is 61.9 Å². The van der Waals surface area contributed by atoms with E-state index in [4.69, 9.17) is 4.74 Å². The Hall–Kier alpha value is -1.88. The number of rotatable bonds is 7. The molecule has 0 aromatic heterocycles. The maximum atomic E-state index is 10.6. The van der Waals surface area contributed by atoms with Crippen molar-refractivity contribution in [3.05, 3.63) is 65.2 Å². The van der Waals surface area contributed by atoms with Gasteiger partial charge < -0.3 is 20.1 Å². The monoisotopic (exact) mass is 408 g/mol. The highest BCUT2D eigenvalue weighted by Crippen LogP contribution is 2.33. The largest absolute Gasteiger partial charge is 0.373 e. The van der Waals surface area contributed by atoms with Gasteiger partial charge in [-0.2, -0.15) is 0 Å². The number of piperidine rings is 1. The molecule has 2 aliphatic rings. The third-order valence-corrected chi connectivity index (χ3v) is 6.74. The maximum absolute atomic E-state index is 10.6. The lowest BCUT2D eigenvalue weighted by atomic mass is 9.84. The van der Waals surface area contributed by atoms with E-state index < -0.39 is 6.23 Å². The molecule has 0 spiro atoms. The third kappa shape index (κ3) is 5.84. The number of hydrogen-bond donors (Lipinski definition) is 2. The van der Waals surface area contributed by atoms with Crippen molar-refractivity contribution in [1.29, 1.82) is 0 Å². The molecule has 1 aliphatic carbocycles. The highest BCUT2D eigenvalue weighted by Gasteiger charge is 2.17. The van der Waals surface area contributed by atoms with Crippen molar-refractivity contribution in [2.45, 2.75) is 69.8 Å². The molecular formula is C26H36N2O2. The van der Waals surface area contributed by atoms with Crippen LogP contribution in [0.2, 0.25) is 0 Å². The van der Waals surface area contributed by atoms with Crippen LogP contribution in [0.1, 0.15) is 73.8 Å². The molecular weight excluding hydrogens is 372 g/mol. The van der Waals surface area contributed by atoms with Crippen molar-refractivity contribution in [2.75, 3.05) is 25.5 Å². The molecule has 0 amide bonds. The molecule has 2 aromatic rings. The molecule has 162 valence electrons. The number of hydrogen-bond acceptors (Lipinski definition) is 4. The molecule has 1 heterocycles. The lowest BCUT2D eigenvalue weighted by Crippen LogP contribution is -2.34. The summed E-state index contributed by atoms with van der Waals surface area (Å²) in [5, 5.41) is 13.8. The smallest absolute Gasteiger partial charge is 0.150 e. The summed E-state index contributed by atoms with van der Waals surface area (Å²) in [5.74, 6) is 0.710. The van der Waals surface area contributed by atoms with E-state index in [0.29, 0.717) is 18.6 Å². The van der Waals surface area contributed by atoms with Gasteiger partial charge in [0.15, 0.2) is 6.23 Å². The minimum absolute atomic E-state index is 0.365. The quantitative estimate of drug-likeness (QED) is 0.598. The Bertz CT molecular complexity index is 761. The van der Waals surface area contributed by atoms with E-state index in [9.17, 15) is 5.11 Å². The zero-order chi connectivity index (χ0) is 20.8. The van der Waals surface area contributed by atoms with Crippen LogP contribution in [0.5, 0.6) is 0 Å². The van der Waals surface area contributed by atoms with E-state index in [1.807, 2.05) is 12.1 Å². The molecule has 2 N–H and O–H groups in total. The van der Waals surface area contributed by atoms with E-state index in [0.717, 1.165) is 42.7 Å². The molecule has 4 rings (SSSR count). The Morgan fingerprint density at radius 3 is 2.27 bits per heavy atom. The minimum atomic E-state index is -0.714. The minimum Gasteiger partial charge on any atom is -0.373 e. The molecule has 2 aromatic carbocycles. The van der Waals surface area contributed by atoms with Crippen molar-refractivity contribution in [1.82, 2.24) is 4.90 Å². The molecule has 1 unspecified atom stereocenters. The number of nitrogens with zero attached hydrogens (tertiary/aromatic N) is 1. The number of ether oxygens (including phenoxy) is 1. The standard InChI is InChI=1S/C26H36N2O2/c1-28-17-15-25(16-18-28)30-19-20-7-9-23(10-8-20)26(29)27-24-13-11-22(12-14-24)21-5-3-2-4-6-21/h7-14,21,25-27,29H,2-6,15-19H2,1H3. The van der Waals surface area contributed by atoms with Crippen molar-refractivity contribution in [3.63, 3.8) is 0 Å². The molecule has 1 atom stereocenters. The zero-order valence-corrected chi connectivity index (χ0v) is 18.2. The van der Waals surface area contributed by atoms with Crippen molar-refractivity contribution >= 4 is 5.69 Å². The van der Waals surface area contributed by atoms with Gasteiger partial charge in [-0.1, -0.05) is 55.7 Å². The summed E-state index contributed by atoms with van der Waals surface area (Å²) in [7, 11) is 2.17. The Kier molecular flexibility index (Phi) is 7.42. The summed E-state index contributed by atoms with van der Waals surface area (Å²) in [6.07, 6.45) is 8.56. The molecule has 1 saturated carbocycles. The van der Waals surface area contributed by atoms with Gasteiger partial charge in [-0.3, -0.25) is 0 Å². The number of aliphatic hydroxyl groups excluding tert-OH is 1. The highest BCUT2D eigenvalue weighted by atomic mass is 16.5. The van der Waals surface area contributed by atoms with Gasteiger partial charge in [0.2, 0.25) is 0 Å². The lowest BCUT2D eigenvalue weighted by molar-refractivity contribution is 0.00212. The molecule has 1 saturated heterocycles. The Labute approximate surface area is 181 Å². The first-order valence-corrected chi connectivity index (χ1v) is 11.6. The summed E-state index contributed by atoms with van der Waals surface area (Å²) in [4.78, 5) is 2.35. The average Bonchev–Trinajstić information content (AvgIpc) is 2.80. The summed E-state index contributed by atoms with van der Waals surface area (Å²) >= 11 is 0. The van der Waals surface area contributed by atoms with Crippen LogP contribution in [0.15, 0.2) is 48.5 Å². The van der Waals surface area contributed by atoms with Gasteiger partial charge in [0.1, 0.15) is 0 Å². The van der Waals surface area contributed by atoms with Crippen LogP contribution in [-0.4, -0.2) is 36.2 Å². The SMILES string of the molecule is CN1CCC(OCc2ccc(C(O)Nc3ccc(C4CCCCC4)cc3)cc2)CC1. The molecule has 4 nitrogen and oxygen atoms in total. The summed E-state index contributed by atoms with van der Waals surface area (Å²) in [5.41, 5.74) is 4.41. The second-order valence-electron chi connectivity index (χ2n) is 9.06. The zero-order valence-electron chi connectivity index (χ0n) is 18.2. The van der Waals surface area contributed by atoms with Crippen molar-refractivity contribution in [3.8, 4) is 0 Å². The topological polar surface area (TPSA) is 44.7 Å². The Balaban J connectivity index is 1.26. The number of likely N-dealkylation sites (tertiary alicyclic amines) is 1. The molecule has 0 radical (unpaired) electrons. The molecule has 1 aliphatic heterocycles. The first kappa shape index (κ1) is 21.4. The van der Waals surface area contributed by atoms with Gasteiger partial charge >= 0.3 is 0 Å². The normalized spacial score (nSPS) is 20.2. The summed E-state index contributed by atoms with van der Waals surface area (Å²) in [6.45, 7) is 2.87. The van der Waals surface area contributed by atoms with E-state index in [1.54, 1.807) is 0 Å². The lowest BCUT2D eigenvalue weighted by Gasteiger charge is -2.28. The Morgan fingerprint density at radius 2 is 1.60 bits per heavy atom. The second-order valence-corrected chi connectivity index (χ2v) is 9.06. The average molecular weight is 409 g/mol. The number of benzene rings is 2. The summed E-state index contributed by atoms with van der Waals surface area (Å²) < 4.78 is 6.07. The van der Waals surface area contributed by atoms with Crippen LogP contribution in [-0.2, 0) is 11.3 Å². The van der Waals surface area contributed by atoms with Gasteiger partial charge in [-0.25, -0.2) is 0 Å².